The Kier molecular flexibility index (Phi) is 11.8. The lowest BCUT2D eigenvalue weighted by Gasteiger charge is -2.35. The van der Waals surface area contributed by atoms with E-state index in [9.17, 15) is 0 Å². The minimum Gasteiger partial charge on any atom is -0.335 e. The Morgan fingerprint density at radius 2 is 0.707 bits per heavy atom. The van der Waals surface area contributed by atoms with Crippen LogP contribution in [0.3, 0.4) is 0 Å². The van der Waals surface area contributed by atoms with Gasteiger partial charge in [0.1, 0.15) is 0 Å². The first-order chi connectivity index (χ1) is 28.8. The van der Waals surface area contributed by atoms with Crippen molar-refractivity contribution in [3.05, 3.63) is 254 Å². The highest BCUT2D eigenvalue weighted by Gasteiger charge is 2.24. The van der Waals surface area contributed by atoms with Gasteiger partial charge in [-0.15, -0.1) is 0 Å². The summed E-state index contributed by atoms with van der Waals surface area (Å²) in [6.07, 6.45) is 6.45. The zero-order chi connectivity index (χ0) is 39.4. The molecule has 8 rings (SSSR count). The maximum atomic E-state index is 2.41. The predicted molar refractivity (Wildman–Crippen MR) is 247 cm³/mol. The number of allylic oxidation sites excluding steroid dienone is 3. The van der Waals surface area contributed by atoms with Gasteiger partial charge in [-0.1, -0.05) is 140 Å². The molecule has 282 valence electrons. The van der Waals surface area contributed by atoms with Crippen molar-refractivity contribution in [2.24, 2.45) is 0 Å². The van der Waals surface area contributed by atoms with Crippen molar-refractivity contribution < 1.29 is 0 Å². The van der Waals surface area contributed by atoms with Crippen molar-refractivity contribution in [1.82, 2.24) is 0 Å². The molecule has 0 aromatic heterocycles. The van der Waals surface area contributed by atoms with Crippen molar-refractivity contribution in [3.8, 4) is 0 Å². The summed E-state index contributed by atoms with van der Waals surface area (Å²) in [6.45, 7) is 2.66. The maximum absolute atomic E-state index is 2.41. The highest BCUT2D eigenvalue weighted by molar-refractivity contribution is 5.92. The summed E-state index contributed by atoms with van der Waals surface area (Å²) in [4.78, 5) is 9.48. The zero-order valence-corrected chi connectivity index (χ0v) is 32.7. The summed E-state index contributed by atoms with van der Waals surface area (Å²) >= 11 is 0. The summed E-state index contributed by atoms with van der Waals surface area (Å²) in [5, 5.41) is 0. The Morgan fingerprint density at radius 1 is 0.362 bits per heavy atom. The molecule has 0 heterocycles. The van der Waals surface area contributed by atoms with Gasteiger partial charge in [-0.3, -0.25) is 0 Å². The lowest BCUT2D eigenvalue weighted by atomic mass is 10.1. The molecule has 0 saturated heterocycles. The van der Waals surface area contributed by atoms with E-state index in [0.717, 1.165) is 62.6 Å². The van der Waals surface area contributed by atoms with E-state index in [-0.39, 0.29) is 0 Å². The fraction of sp³-hybridized carbons (Fsp3) is 0.0370. The fourth-order valence-electron chi connectivity index (χ4n) is 7.37. The molecule has 0 radical (unpaired) electrons. The van der Waals surface area contributed by atoms with Gasteiger partial charge in [0.15, 0.2) is 0 Å². The molecule has 0 N–H and O–H groups in total. The second-order valence-electron chi connectivity index (χ2n) is 13.8. The van der Waals surface area contributed by atoms with Crippen LogP contribution in [0.1, 0.15) is 6.92 Å². The first kappa shape index (κ1) is 37.4. The Morgan fingerprint density at radius 3 is 1.14 bits per heavy atom. The molecular formula is C54H46N4. The molecule has 0 bridgehead atoms. The quantitative estimate of drug-likeness (QED) is 0.103. The van der Waals surface area contributed by atoms with E-state index < -0.39 is 0 Å². The van der Waals surface area contributed by atoms with Gasteiger partial charge in [0, 0.05) is 51.2 Å². The molecule has 0 saturated carbocycles. The van der Waals surface area contributed by atoms with Crippen molar-refractivity contribution >= 4 is 56.9 Å². The molecule has 0 aliphatic heterocycles. The third-order valence-corrected chi connectivity index (χ3v) is 9.99. The third kappa shape index (κ3) is 8.47. The lowest BCUT2D eigenvalue weighted by molar-refractivity contribution is 0.986. The number of hydrogen-bond donors (Lipinski definition) is 0. The number of benzene rings is 8. The van der Waals surface area contributed by atoms with Gasteiger partial charge >= 0.3 is 0 Å². The first-order valence-corrected chi connectivity index (χ1v) is 19.8. The smallest absolute Gasteiger partial charge is 0.0702 e. The van der Waals surface area contributed by atoms with E-state index >= 15 is 0 Å². The molecule has 0 aliphatic rings. The van der Waals surface area contributed by atoms with Crippen LogP contribution >= 0.6 is 0 Å². The molecule has 0 aliphatic carbocycles. The van der Waals surface area contributed by atoms with Gasteiger partial charge in [-0.2, -0.15) is 0 Å². The second-order valence-corrected chi connectivity index (χ2v) is 13.8. The van der Waals surface area contributed by atoms with Crippen molar-refractivity contribution in [2.75, 3.05) is 26.1 Å². The number of nitrogens with zero attached hydrogens (tertiary/aromatic N) is 4. The van der Waals surface area contributed by atoms with E-state index in [1.807, 2.05) is 0 Å². The monoisotopic (exact) mass is 750 g/mol. The Hall–Kier alpha value is -7.56. The van der Waals surface area contributed by atoms with Crippen molar-refractivity contribution in [3.63, 3.8) is 0 Å². The standard InChI is InChI=1S/C54H46N4/c1-2-3-25-52(56(45-28-12-5-13-29-45)46-30-14-6-15-31-46)43-55(44-26-10-4-11-27-44)50-38-24-39-51(42-50)58(49-36-20-9-21-37-49)54-41-23-22-40-53(54)57(47-32-16-7-17-33-47)48-34-18-8-19-35-48/h2-42H,43H2,1H3/b3-2-,52-25+. The summed E-state index contributed by atoms with van der Waals surface area (Å²) in [5.74, 6) is 0. The van der Waals surface area contributed by atoms with Crippen LogP contribution < -0.4 is 19.6 Å². The Balaban J connectivity index is 1.28. The number of para-hydroxylation sites is 8. The van der Waals surface area contributed by atoms with Gasteiger partial charge in [0.05, 0.1) is 17.9 Å². The molecule has 8 aromatic carbocycles. The van der Waals surface area contributed by atoms with E-state index in [1.165, 1.54) is 0 Å². The highest BCUT2D eigenvalue weighted by atomic mass is 15.2. The number of rotatable bonds is 14. The summed E-state index contributed by atoms with van der Waals surface area (Å²) < 4.78 is 0. The number of anilines is 10. The minimum absolute atomic E-state index is 0.597. The zero-order valence-electron chi connectivity index (χ0n) is 32.7. The van der Waals surface area contributed by atoms with Crippen molar-refractivity contribution in [1.29, 1.82) is 0 Å². The van der Waals surface area contributed by atoms with E-state index in [1.54, 1.807) is 0 Å². The van der Waals surface area contributed by atoms with Crippen LogP contribution in [0.25, 0.3) is 0 Å². The first-order valence-electron chi connectivity index (χ1n) is 19.8. The van der Waals surface area contributed by atoms with E-state index in [0.29, 0.717) is 6.54 Å². The van der Waals surface area contributed by atoms with Crippen LogP contribution in [-0.2, 0) is 0 Å². The molecule has 0 amide bonds. The molecule has 58 heavy (non-hydrogen) atoms. The molecular weight excluding hydrogens is 705 g/mol. The molecule has 4 heteroatoms. The molecule has 0 fully saturated rings. The van der Waals surface area contributed by atoms with Crippen LogP contribution in [0.2, 0.25) is 0 Å². The van der Waals surface area contributed by atoms with E-state index in [2.05, 4.69) is 275 Å². The second kappa shape index (κ2) is 18.4. The third-order valence-electron chi connectivity index (χ3n) is 9.99. The Labute approximate surface area is 343 Å². The van der Waals surface area contributed by atoms with E-state index in [4.69, 9.17) is 0 Å². The number of hydrogen-bond acceptors (Lipinski definition) is 4. The molecule has 8 aromatic rings. The topological polar surface area (TPSA) is 13.0 Å². The van der Waals surface area contributed by atoms with Crippen LogP contribution in [0.4, 0.5) is 56.9 Å². The summed E-state index contributed by atoms with van der Waals surface area (Å²) in [7, 11) is 0. The van der Waals surface area contributed by atoms with Gasteiger partial charge in [0.2, 0.25) is 0 Å². The van der Waals surface area contributed by atoms with Gasteiger partial charge in [-0.25, -0.2) is 0 Å². The van der Waals surface area contributed by atoms with Gasteiger partial charge in [0.25, 0.3) is 0 Å². The molecule has 4 nitrogen and oxygen atoms in total. The average molecular weight is 751 g/mol. The average Bonchev–Trinajstić information content (AvgIpc) is 3.30. The molecule has 0 spiro atoms. The molecule has 0 unspecified atom stereocenters. The van der Waals surface area contributed by atoms with Crippen LogP contribution in [0.15, 0.2) is 254 Å². The summed E-state index contributed by atoms with van der Waals surface area (Å²) in [5.41, 5.74) is 11.9. The largest absolute Gasteiger partial charge is 0.335 e. The SMILES string of the molecule is C/C=C\C=C(/CN(c1ccccc1)c1cccc(N(c2ccccc2)c2ccccc2N(c2ccccc2)c2ccccc2)c1)N(c1ccccc1)c1ccccc1. The van der Waals surface area contributed by atoms with Crippen LogP contribution in [0.5, 0.6) is 0 Å². The van der Waals surface area contributed by atoms with Gasteiger partial charge in [-0.05, 0) is 116 Å². The fourth-order valence-corrected chi connectivity index (χ4v) is 7.37. The predicted octanol–water partition coefficient (Wildman–Crippen LogP) is 15.1. The van der Waals surface area contributed by atoms with Crippen LogP contribution in [-0.4, -0.2) is 6.54 Å². The minimum atomic E-state index is 0.597. The van der Waals surface area contributed by atoms with Gasteiger partial charge < -0.3 is 19.6 Å². The van der Waals surface area contributed by atoms with Crippen LogP contribution in [0, 0.1) is 0 Å². The highest BCUT2D eigenvalue weighted by Crippen LogP contribution is 2.46. The normalized spacial score (nSPS) is 11.3. The van der Waals surface area contributed by atoms with Crippen molar-refractivity contribution in [2.45, 2.75) is 6.92 Å². The maximum Gasteiger partial charge on any atom is 0.0702 e. The Bertz CT molecular complexity index is 2460. The summed E-state index contributed by atoms with van der Waals surface area (Å²) in [6, 6.07) is 81.4. The molecule has 0 atom stereocenters. The lowest BCUT2D eigenvalue weighted by Crippen LogP contribution is -2.28.